The zero-order chi connectivity index (χ0) is 12.5. The second-order valence-electron chi connectivity index (χ2n) is 4.55. The fourth-order valence-electron chi connectivity index (χ4n) is 2.33. The van der Waals surface area contributed by atoms with Crippen molar-refractivity contribution >= 4 is 11.3 Å². The zero-order valence-electron chi connectivity index (χ0n) is 10.3. The van der Waals surface area contributed by atoms with Gasteiger partial charge in [0.15, 0.2) is 0 Å². The Morgan fingerprint density at radius 1 is 1.28 bits per heavy atom. The van der Waals surface area contributed by atoms with Gasteiger partial charge in [-0.15, -0.1) is 11.3 Å². The fraction of sp³-hybridized carbons (Fsp3) is 0.333. The number of aryl methyl sites for hydroxylation is 1. The van der Waals surface area contributed by atoms with Gasteiger partial charge in [-0.05, 0) is 24.6 Å². The highest BCUT2D eigenvalue weighted by Crippen LogP contribution is 2.42. The van der Waals surface area contributed by atoms with Crippen LogP contribution in [0.15, 0.2) is 36.4 Å². The smallest absolute Gasteiger partial charge is 0.136 e. The van der Waals surface area contributed by atoms with E-state index in [1.807, 2.05) is 24.3 Å². The Bertz CT molecular complexity index is 547. The summed E-state index contributed by atoms with van der Waals surface area (Å²) in [6.07, 6.45) is 1.25. The average Bonchev–Trinajstić information content (AvgIpc) is 2.87. The number of aliphatic hydroxyl groups excluding tert-OH is 1. The fourth-order valence-corrected chi connectivity index (χ4v) is 3.32. The lowest BCUT2D eigenvalue weighted by molar-refractivity contribution is 0.0674. The van der Waals surface area contributed by atoms with Crippen molar-refractivity contribution < 1.29 is 9.84 Å². The van der Waals surface area contributed by atoms with Gasteiger partial charge in [0, 0.05) is 21.7 Å². The number of hydrogen-bond acceptors (Lipinski definition) is 3. The van der Waals surface area contributed by atoms with Crippen LogP contribution in [0.5, 0.6) is 5.75 Å². The summed E-state index contributed by atoms with van der Waals surface area (Å²) in [4.78, 5) is 2.57. The lowest BCUT2D eigenvalue weighted by atomic mass is 9.98. The molecule has 0 saturated carbocycles. The molecule has 94 valence electrons. The summed E-state index contributed by atoms with van der Waals surface area (Å²) in [6.45, 7) is 2.15. The van der Waals surface area contributed by atoms with Gasteiger partial charge in [-0.3, -0.25) is 0 Å². The van der Waals surface area contributed by atoms with Crippen molar-refractivity contribution in [3.63, 3.8) is 0 Å². The van der Waals surface area contributed by atoms with Gasteiger partial charge in [0.2, 0.25) is 0 Å². The normalized spacial score (nSPS) is 22.3. The first-order valence-electron chi connectivity index (χ1n) is 6.30. The minimum absolute atomic E-state index is 0.0137. The molecule has 0 amide bonds. The molecule has 1 aromatic carbocycles. The summed E-state index contributed by atoms with van der Waals surface area (Å²) >= 11 is 1.78. The molecule has 1 aliphatic heterocycles. The Morgan fingerprint density at radius 3 is 2.89 bits per heavy atom. The van der Waals surface area contributed by atoms with Gasteiger partial charge in [0.25, 0.3) is 0 Å². The maximum Gasteiger partial charge on any atom is 0.136 e. The van der Waals surface area contributed by atoms with E-state index in [4.69, 9.17) is 4.74 Å². The molecule has 1 N–H and O–H groups in total. The van der Waals surface area contributed by atoms with Crippen LogP contribution in [0.3, 0.4) is 0 Å². The van der Waals surface area contributed by atoms with Crippen LogP contribution in [0.4, 0.5) is 0 Å². The molecule has 0 aliphatic carbocycles. The summed E-state index contributed by atoms with van der Waals surface area (Å²) in [7, 11) is 0. The van der Waals surface area contributed by atoms with E-state index in [-0.39, 0.29) is 6.10 Å². The quantitative estimate of drug-likeness (QED) is 0.888. The van der Waals surface area contributed by atoms with E-state index >= 15 is 0 Å². The van der Waals surface area contributed by atoms with Gasteiger partial charge in [0.05, 0.1) is 6.10 Å². The van der Waals surface area contributed by atoms with Crippen LogP contribution in [-0.4, -0.2) is 5.11 Å². The van der Waals surface area contributed by atoms with Gasteiger partial charge in [-0.2, -0.15) is 0 Å². The Balaban J connectivity index is 1.89. The summed E-state index contributed by atoms with van der Waals surface area (Å²) in [5.74, 6) is 0.813. The first-order chi connectivity index (χ1) is 8.78. The van der Waals surface area contributed by atoms with Crippen LogP contribution in [0.2, 0.25) is 0 Å². The highest BCUT2D eigenvalue weighted by Gasteiger charge is 2.28. The number of hydrogen-bond donors (Lipinski definition) is 1. The first-order valence-corrected chi connectivity index (χ1v) is 7.12. The van der Waals surface area contributed by atoms with Crippen molar-refractivity contribution in [1.82, 2.24) is 0 Å². The zero-order valence-corrected chi connectivity index (χ0v) is 11.1. The Morgan fingerprint density at radius 2 is 2.11 bits per heavy atom. The van der Waals surface area contributed by atoms with Crippen molar-refractivity contribution in [2.75, 3.05) is 0 Å². The maximum atomic E-state index is 10.2. The lowest BCUT2D eigenvalue weighted by Gasteiger charge is -2.28. The predicted octanol–water partition coefficient (Wildman–Crippen LogP) is 3.87. The molecule has 0 fully saturated rings. The Hall–Kier alpha value is -1.32. The second kappa shape index (κ2) is 4.75. The van der Waals surface area contributed by atoms with E-state index < -0.39 is 6.10 Å². The summed E-state index contributed by atoms with van der Waals surface area (Å²) in [5.41, 5.74) is 0.904. The molecule has 1 unspecified atom stereocenters. The van der Waals surface area contributed by atoms with E-state index in [0.29, 0.717) is 6.42 Å². The van der Waals surface area contributed by atoms with Crippen LogP contribution in [0.1, 0.15) is 40.9 Å². The number of rotatable bonds is 2. The molecule has 2 heterocycles. The summed E-state index contributed by atoms with van der Waals surface area (Å²) < 4.78 is 6.00. The average molecular weight is 260 g/mol. The molecule has 18 heavy (non-hydrogen) atoms. The minimum atomic E-state index is -0.424. The third kappa shape index (κ3) is 2.04. The molecule has 3 rings (SSSR count). The van der Waals surface area contributed by atoms with Gasteiger partial charge in [-0.25, -0.2) is 0 Å². The van der Waals surface area contributed by atoms with Crippen LogP contribution < -0.4 is 4.74 Å². The van der Waals surface area contributed by atoms with E-state index in [9.17, 15) is 5.11 Å². The Kier molecular flexibility index (Phi) is 3.10. The molecule has 1 aliphatic rings. The third-order valence-electron chi connectivity index (χ3n) is 3.33. The lowest BCUT2D eigenvalue weighted by Crippen LogP contribution is -2.18. The molecular weight excluding hydrogens is 244 g/mol. The standard InChI is InChI=1S/C15H16O2S/c1-2-10-7-8-15(18-10)14-9-12(16)11-5-3-4-6-13(11)17-14/h3-8,12,14,16H,2,9H2,1H3/t12-,14?/m1/s1. The SMILES string of the molecule is CCc1ccc(C2C[C@@H](O)c3ccccc3O2)s1. The van der Waals surface area contributed by atoms with Crippen LogP contribution in [-0.2, 0) is 6.42 Å². The first kappa shape index (κ1) is 11.8. The van der Waals surface area contributed by atoms with E-state index in [2.05, 4.69) is 19.1 Å². The molecule has 0 radical (unpaired) electrons. The maximum absolute atomic E-state index is 10.2. The number of ether oxygens (including phenoxy) is 1. The van der Waals surface area contributed by atoms with Crippen LogP contribution in [0, 0.1) is 0 Å². The van der Waals surface area contributed by atoms with Crippen LogP contribution in [0.25, 0.3) is 0 Å². The van der Waals surface area contributed by atoms with Crippen molar-refractivity contribution in [3.8, 4) is 5.75 Å². The second-order valence-corrected chi connectivity index (χ2v) is 5.75. The summed E-state index contributed by atoms with van der Waals surface area (Å²) in [5, 5.41) is 10.2. The largest absolute Gasteiger partial charge is 0.484 e. The molecular formula is C15H16O2S. The number of aliphatic hydroxyl groups is 1. The topological polar surface area (TPSA) is 29.5 Å². The number of thiophene rings is 1. The van der Waals surface area contributed by atoms with Gasteiger partial charge in [0.1, 0.15) is 11.9 Å². The molecule has 2 aromatic rings. The van der Waals surface area contributed by atoms with E-state index in [1.54, 1.807) is 11.3 Å². The minimum Gasteiger partial charge on any atom is -0.484 e. The van der Waals surface area contributed by atoms with Crippen molar-refractivity contribution in [2.45, 2.75) is 32.0 Å². The molecule has 0 bridgehead atoms. The number of benzene rings is 1. The van der Waals surface area contributed by atoms with Crippen molar-refractivity contribution in [2.24, 2.45) is 0 Å². The van der Waals surface area contributed by atoms with E-state index in [1.165, 1.54) is 9.75 Å². The van der Waals surface area contributed by atoms with E-state index in [0.717, 1.165) is 17.7 Å². The highest BCUT2D eigenvalue weighted by atomic mass is 32.1. The van der Waals surface area contributed by atoms with Crippen LogP contribution >= 0.6 is 11.3 Å². The Labute approximate surface area is 111 Å². The summed E-state index contributed by atoms with van der Waals surface area (Å²) in [6, 6.07) is 12.0. The highest BCUT2D eigenvalue weighted by molar-refractivity contribution is 7.12. The molecule has 2 atom stereocenters. The number of fused-ring (bicyclic) bond motifs is 1. The molecule has 1 aromatic heterocycles. The van der Waals surface area contributed by atoms with Crippen molar-refractivity contribution in [3.05, 3.63) is 51.7 Å². The molecule has 2 nitrogen and oxygen atoms in total. The predicted molar refractivity (Wildman–Crippen MR) is 73.1 cm³/mol. The van der Waals surface area contributed by atoms with Crippen molar-refractivity contribution in [1.29, 1.82) is 0 Å². The third-order valence-corrected chi connectivity index (χ3v) is 4.65. The monoisotopic (exact) mass is 260 g/mol. The number of para-hydroxylation sites is 1. The molecule has 0 saturated heterocycles. The van der Waals surface area contributed by atoms with Gasteiger partial charge in [-0.1, -0.05) is 25.1 Å². The van der Waals surface area contributed by atoms with Gasteiger partial charge < -0.3 is 9.84 Å². The van der Waals surface area contributed by atoms with Gasteiger partial charge >= 0.3 is 0 Å². The molecule has 3 heteroatoms. The molecule has 0 spiro atoms.